The molecule has 1 aromatic carbocycles. The predicted octanol–water partition coefficient (Wildman–Crippen LogP) is 6.28. The van der Waals surface area contributed by atoms with Gasteiger partial charge in [0.15, 0.2) is 11.6 Å². The maximum atomic E-state index is 14.3. The molecule has 32 heavy (non-hydrogen) atoms. The van der Waals surface area contributed by atoms with Crippen LogP contribution in [0.5, 0.6) is 0 Å². The van der Waals surface area contributed by atoms with Crippen molar-refractivity contribution < 1.29 is 13.6 Å². The third-order valence-electron chi connectivity index (χ3n) is 5.77. The fraction of sp³-hybridized carbons (Fsp3) is 0.435. The third-order valence-corrected chi connectivity index (χ3v) is 7.52. The van der Waals surface area contributed by atoms with Gasteiger partial charge in [0, 0.05) is 43.0 Å². The average molecular weight is 477 g/mol. The number of nitrogens with zero attached hydrogens (tertiary/aromatic N) is 4. The van der Waals surface area contributed by atoms with Crippen molar-refractivity contribution in [3.8, 4) is 16.9 Å². The molecule has 2 aliphatic rings. The van der Waals surface area contributed by atoms with Gasteiger partial charge in [-0.15, -0.1) is 11.8 Å². The van der Waals surface area contributed by atoms with Gasteiger partial charge in [0.25, 0.3) is 5.92 Å². The highest BCUT2D eigenvalue weighted by atomic mass is 35.5. The normalized spacial score (nSPS) is 16.5. The van der Waals surface area contributed by atoms with Crippen LogP contribution in [0.2, 0.25) is 5.02 Å². The molecule has 0 saturated heterocycles. The highest BCUT2D eigenvalue weighted by molar-refractivity contribution is 8.00. The Labute approximate surface area is 194 Å². The van der Waals surface area contributed by atoms with Gasteiger partial charge in [-0.2, -0.15) is 19.0 Å². The molecule has 2 aromatic heterocycles. The molecule has 0 spiro atoms. The van der Waals surface area contributed by atoms with E-state index in [1.165, 1.54) is 16.4 Å². The Hall–Kier alpha value is -2.19. The zero-order valence-electron chi connectivity index (χ0n) is 17.8. The molecule has 0 unspecified atom stereocenters. The molecule has 0 bridgehead atoms. The van der Waals surface area contributed by atoms with Crippen LogP contribution in [0, 0.1) is 5.92 Å². The van der Waals surface area contributed by atoms with E-state index in [2.05, 4.69) is 10.2 Å². The van der Waals surface area contributed by atoms with E-state index in [1.807, 2.05) is 6.07 Å². The van der Waals surface area contributed by atoms with Crippen molar-refractivity contribution in [1.29, 1.82) is 0 Å². The van der Waals surface area contributed by atoms with Gasteiger partial charge in [0.1, 0.15) is 5.69 Å². The van der Waals surface area contributed by atoms with E-state index >= 15 is 0 Å². The third kappa shape index (κ3) is 4.35. The first-order valence-electron chi connectivity index (χ1n) is 10.7. The Balaban J connectivity index is 1.50. The zero-order chi connectivity index (χ0) is 22.6. The maximum Gasteiger partial charge on any atom is 0.289 e. The van der Waals surface area contributed by atoms with Crippen LogP contribution in [0.4, 0.5) is 8.78 Å². The monoisotopic (exact) mass is 476 g/mol. The van der Waals surface area contributed by atoms with Crippen LogP contribution < -0.4 is 0 Å². The minimum absolute atomic E-state index is 0.0521. The first kappa shape index (κ1) is 21.6. The van der Waals surface area contributed by atoms with E-state index < -0.39 is 5.92 Å². The molecule has 168 valence electrons. The molecule has 2 fully saturated rings. The van der Waals surface area contributed by atoms with Crippen LogP contribution in [-0.4, -0.2) is 30.6 Å². The predicted molar refractivity (Wildman–Crippen MR) is 121 cm³/mol. The Kier molecular flexibility index (Phi) is 5.40. The molecule has 5 rings (SSSR count). The summed E-state index contributed by atoms with van der Waals surface area (Å²) >= 11 is 7.74. The summed E-state index contributed by atoms with van der Waals surface area (Å²) in [4.78, 5) is 13.1. The number of aryl methyl sites for hydroxylation is 1. The van der Waals surface area contributed by atoms with Crippen LogP contribution >= 0.6 is 23.4 Å². The standard InChI is InChI=1S/C23H23ClF2N4OS/c1-23(25,26)21-20(32-16-6-7-16)22(29(2)28-21)30-12-15(11-27-30)14-5-8-18(24)17(10-14)19(31)9-13-3-4-13/h5,8,10-13,16H,3-4,6-7,9H2,1-2H3. The minimum atomic E-state index is -3.05. The number of hydrogen-bond acceptors (Lipinski definition) is 4. The molecule has 2 aliphatic carbocycles. The van der Waals surface area contributed by atoms with Crippen LogP contribution in [0.15, 0.2) is 35.5 Å². The van der Waals surface area contributed by atoms with Crippen LogP contribution in [0.25, 0.3) is 16.9 Å². The summed E-state index contributed by atoms with van der Waals surface area (Å²) in [5.74, 6) is -2.00. The van der Waals surface area contributed by atoms with Crippen LogP contribution in [0.1, 0.15) is 55.1 Å². The van der Waals surface area contributed by atoms with Crippen LogP contribution in [0.3, 0.4) is 0 Å². The molecular formula is C23H23ClF2N4OS. The molecule has 0 aliphatic heterocycles. The average Bonchev–Trinajstić information content (AvgIpc) is 3.63. The summed E-state index contributed by atoms with van der Waals surface area (Å²) in [5, 5.41) is 9.35. The Bertz CT molecular complexity index is 1190. The Morgan fingerprint density at radius 2 is 2.00 bits per heavy atom. The van der Waals surface area contributed by atoms with Crippen molar-refractivity contribution in [1.82, 2.24) is 19.6 Å². The highest BCUT2D eigenvalue weighted by Crippen LogP contribution is 2.46. The number of rotatable bonds is 8. The number of Topliss-reactive ketones (excluding diaryl/α,β-unsaturated/α-hetero) is 1. The van der Waals surface area contributed by atoms with Gasteiger partial charge in [-0.25, -0.2) is 9.36 Å². The van der Waals surface area contributed by atoms with Crippen molar-refractivity contribution in [3.63, 3.8) is 0 Å². The lowest BCUT2D eigenvalue weighted by Crippen LogP contribution is -2.10. The summed E-state index contributed by atoms with van der Waals surface area (Å²) in [6.07, 6.45) is 8.19. The number of halogens is 3. The molecule has 2 heterocycles. The zero-order valence-corrected chi connectivity index (χ0v) is 19.4. The number of alkyl halides is 2. The summed E-state index contributed by atoms with van der Waals surface area (Å²) in [6.45, 7) is 0.873. The molecule has 0 N–H and O–H groups in total. The quantitative estimate of drug-likeness (QED) is 0.359. The van der Waals surface area contributed by atoms with Crippen molar-refractivity contribution in [3.05, 3.63) is 46.9 Å². The first-order chi connectivity index (χ1) is 15.2. The van der Waals surface area contributed by atoms with Crippen molar-refractivity contribution in [2.45, 2.75) is 55.1 Å². The lowest BCUT2D eigenvalue weighted by Gasteiger charge is -2.10. The van der Waals surface area contributed by atoms with Gasteiger partial charge in [0.2, 0.25) is 0 Å². The number of thioether (sulfide) groups is 1. The lowest BCUT2D eigenvalue weighted by atomic mass is 10.0. The van der Waals surface area contributed by atoms with Gasteiger partial charge in [0.05, 0.1) is 16.1 Å². The summed E-state index contributed by atoms with van der Waals surface area (Å²) < 4.78 is 31.6. The van der Waals surface area contributed by atoms with Crippen molar-refractivity contribution >= 4 is 29.1 Å². The highest BCUT2D eigenvalue weighted by Gasteiger charge is 2.37. The summed E-state index contributed by atoms with van der Waals surface area (Å²) in [7, 11) is 1.65. The second kappa shape index (κ2) is 7.99. The SMILES string of the molecule is Cn1nc(C(C)(F)F)c(SC2CC2)c1-n1cc(-c2ccc(Cl)c(C(=O)CC3CC3)c2)cn1. The largest absolute Gasteiger partial charge is 0.294 e. The molecule has 3 aromatic rings. The fourth-order valence-electron chi connectivity index (χ4n) is 3.70. The van der Waals surface area contributed by atoms with Gasteiger partial charge >= 0.3 is 0 Å². The topological polar surface area (TPSA) is 52.7 Å². The summed E-state index contributed by atoms with van der Waals surface area (Å²) in [5.41, 5.74) is 1.88. The second-order valence-electron chi connectivity index (χ2n) is 8.77. The Morgan fingerprint density at radius 1 is 1.25 bits per heavy atom. The van der Waals surface area contributed by atoms with E-state index in [9.17, 15) is 13.6 Å². The number of aromatic nitrogens is 4. The second-order valence-corrected chi connectivity index (χ2v) is 10.5. The van der Waals surface area contributed by atoms with E-state index in [-0.39, 0.29) is 11.5 Å². The number of carbonyl (C=O) groups is 1. The van der Waals surface area contributed by atoms with E-state index in [0.29, 0.717) is 38.9 Å². The van der Waals surface area contributed by atoms with Crippen molar-refractivity contribution in [2.75, 3.05) is 0 Å². The van der Waals surface area contributed by atoms with Crippen LogP contribution in [-0.2, 0) is 13.0 Å². The fourth-order valence-corrected chi connectivity index (χ4v) is 5.29. The maximum absolute atomic E-state index is 14.3. The number of hydrogen-bond donors (Lipinski definition) is 0. The molecule has 0 atom stereocenters. The van der Waals surface area contributed by atoms with Gasteiger partial charge < -0.3 is 0 Å². The minimum Gasteiger partial charge on any atom is -0.294 e. The van der Waals surface area contributed by atoms with Gasteiger partial charge in [-0.05, 0) is 49.3 Å². The van der Waals surface area contributed by atoms with E-state index in [0.717, 1.165) is 43.7 Å². The van der Waals surface area contributed by atoms with Gasteiger partial charge in [-0.1, -0.05) is 17.7 Å². The molecule has 0 amide bonds. The van der Waals surface area contributed by atoms with Crippen molar-refractivity contribution in [2.24, 2.45) is 13.0 Å². The van der Waals surface area contributed by atoms with E-state index in [1.54, 1.807) is 36.3 Å². The first-order valence-corrected chi connectivity index (χ1v) is 12.0. The molecule has 0 radical (unpaired) electrons. The number of ketones is 1. The lowest BCUT2D eigenvalue weighted by molar-refractivity contribution is 0.00948. The smallest absolute Gasteiger partial charge is 0.289 e. The molecular weight excluding hydrogens is 454 g/mol. The van der Waals surface area contributed by atoms with E-state index in [4.69, 9.17) is 11.6 Å². The van der Waals surface area contributed by atoms with Gasteiger partial charge in [-0.3, -0.25) is 4.79 Å². The molecule has 2 saturated carbocycles. The number of benzene rings is 1. The number of carbonyl (C=O) groups excluding carboxylic acids is 1. The summed E-state index contributed by atoms with van der Waals surface area (Å²) in [6, 6.07) is 5.36. The molecule has 9 heteroatoms. The molecule has 5 nitrogen and oxygen atoms in total. The Morgan fingerprint density at radius 3 is 2.66 bits per heavy atom.